The van der Waals surface area contributed by atoms with Gasteiger partial charge in [0, 0.05) is 18.3 Å². The highest BCUT2D eigenvalue weighted by molar-refractivity contribution is 9.10. The van der Waals surface area contributed by atoms with Crippen LogP contribution < -0.4 is 15.8 Å². The Hall–Kier alpha value is -2.02. The van der Waals surface area contributed by atoms with E-state index in [0.717, 1.165) is 15.7 Å². The molecule has 100 valence electrons. The van der Waals surface area contributed by atoms with Crippen LogP contribution in [0.1, 0.15) is 0 Å². The van der Waals surface area contributed by atoms with Gasteiger partial charge < -0.3 is 15.8 Å². The standard InChI is InChI=1S/C12H13BrN4O2/c1-17-11(9(13)6-15-17)8-5-7(16-12(14)18)3-4-10(8)19-2/h3-6H,1-2H3,(H3,14,16,18). The molecule has 1 aromatic carbocycles. The summed E-state index contributed by atoms with van der Waals surface area (Å²) < 4.78 is 7.89. The number of hydrogen-bond donors (Lipinski definition) is 2. The van der Waals surface area contributed by atoms with E-state index in [0.29, 0.717) is 11.4 Å². The quantitative estimate of drug-likeness (QED) is 0.909. The number of nitrogens with one attached hydrogen (secondary N) is 1. The summed E-state index contributed by atoms with van der Waals surface area (Å²) in [5.41, 5.74) is 7.37. The Labute approximate surface area is 118 Å². The molecule has 6 nitrogen and oxygen atoms in total. The lowest BCUT2D eigenvalue weighted by atomic mass is 10.1. The summed E-state index contributed by atoms with van der Waals surface area (Å²) in [5.74, 6) is 0.680. The second kappa shape index (κ2) is 5.31. The van der Waals surface area contributed by atoms with Gasteiger partial charge in [0.25, 0.3) is 0 Å². The Morgan fingerprint density at radius 1 is 1.53 bits per heavy atom. The molecule has 0 aliphatic carbocycles. The minimum atomic E-state index is -0.611. The Bertz CT molecular complexity index is 605. The largest absolute Gasteiger partial charge is 0.496 e. The van der Waals surface area contributed by atoms with Crippen molar-refractivity contribution in [2.45, 2.75) is 0 Å². The molecular weight excluding hydrogens is 312 g/mol. The molecule has 1 heterocycles. The molecule has 0 aliphatic heterocycles. The first kappa shape index (κ1) is 13.4. The van der Waals surface area contributed by atoms with Gasteiger partial charge in [0.2, 0.25) is 0 Å². The molecule has 2 rings (SSSR count). The van der Waals surface area contributed by atoms with Crippen LogP contribution in [0, 0.1) is 0 Å². The third-order valence-electron chi connectivity index (χ3n) is 2.62. The van der Waals surface area contributed by atoms with E-state index in [2.05, 4.69) is 26.3 Å². The number of carbonyl (C=O) groups is 1. The number of nitrogens with zero attached hydrogens (tertiary/aromatic N) is 2. The maximum absolute atomic E-state index is 10.9. The Morgan fingerprint density at radius 3 is 2.79 bits per heavy atom. The van der Waals surface area contributed by atoms with E-state index in [1.54, 1.807) is 36.2 Å². The summed E-state index contributed by atoms with van der Waals surface area (Å²) in [4.78, 5) is 10.9. The lowest BCUT2D eigenvalue weighted by Crippen LogP contribution is -2.19. The minimum Gasteiger partial charge on any atom is -0.496 e. The van der Waals surface area contributed by atoms with E-state index in [1.165, 1.54) is 0 Å². The fourth-order valence-corrected chi connectivity index (χ4v) is 2.39. The van der Waals surface area contributed by atoms with Crippen LogP contribution in [-0.2, 0) is 7.05 Å². The van der Waals surface area contributed by atoms with Crippen molar-refractivity contribution < 1.29 is 9.53 Å². The molecule has 0 saturated heterocycles. The molecule has 2 aromatic rings. The van der Waals surface area contributed by atoms with E-state index in [-0.39, 0.29) is 0 Å². The van der Waals surface area contributed by atoms with Gasteiger partial charge in [0.15, 0.2) is 0 Å². The topological polar surface area (TPSA) is 82.2 Å². The third-order valence-corrected chi connectivity index (χ3v) is 3.20. The number of primary amides is 1. The number of halogens is 1. The second-order valence-corrected chi connectivity index (χ2v) is 4.72. The van der Waals surface area contributed by atoms with Gasteiger partial charge in [-0.05, 0) is 34.1 Å². The van der Waals surface area contributed by atoms with Gasteiger partial charge in [-0.2, -0.15) is 5.10 Å². The van der Waals surface area contributed by atoms with Gasteiger partial charge in [-0.1, -0.05) is 0 Å². The summed E-state index contributed by atoms with van der Waals surface area (Å²) in [6.07, 6.45) is 1.70. The number of benzene rings is 1. The van der Waals surface area contributed by atoms with Crippen LogP contribution in [0.2, 0.25) is 0 Å². The summed E-state index contributed by atoms with van der Waals surface area (Å²) >= 11 is 3.44. The number of methoxy groups -OCH3 is 1. The van der Waals surface area contributed by atoms with Crippen molar-refractivity contribution in [3.05, 3.63) is 28.9 Å². The molecule has 0 unspecified atom stereocenters. The molecule has 7 heteroatoms. The number of rotatable bonds is 3. The van der Waals surface area contributed by atoms with Crippen LogP contribution in [-0.4, -0.2) is 22.9 Å². The van der Waals surface area contributed by atoms with Crippen LogP contribution in [0.5, 0.6) is 5.75 Å². The van der Waals surface area contributed by atoms with Crippen LogP contribution in [0.4, 0.5) is 10.5 Å². The molecule has 0 atom stereocenters. The molecule has 0 fully saturated rings. The average Bonchev–Trinajstić information content (AvgIpc) is 2.68. The van der Waals surface area contributed by atoms with Gasteiger partial charge in [0.1, 0.15) is 5.75 Å². The van der Waals surface area contributed by atoms with Crippen LogP contribution in [0.3, 0.4) is 0 Å². The van der Waals surface area contributed by atoms with Gasteiger partial charge in [-0.25, -0.2) is 4.79 Å². The van der Waals surface area contributed by atoms with E-state index < -0.39 is 6.03 Å². The SMILES string of the molecule is COc1ccc(NC(N)=O)cc1-c1c(Br)cnn1C. The van der Waals surface area contributed by atoms with Crippen molar-refractivity contribution in [3.8, 4) is 17.0 Å². The number of nitrogens with two attached hydrogens (primary N) is 1. The molecule has 0 spiro atoms. The molecule has 0 aliphatic rings. The minimum absolute atomic E-state index is 0.594. The number of aryl methyl sites for hydroxylation is 1. The molecule has 0 radical (unpaired) electrons. The smallest absolute Gasteiger partial charge is 0.316 e. The summed E-state index contributed by atoms with van der Waals surface area (Å²) in [6.45, 7) is 0. The molecule has 0 bridgehead atoms. The van der Waals surface area contributed by atoms with Crippen LogP contribution >= 0.6 is 15.9 Å². The predicted molar refractivity (Wildman–Crippen MR) is 76.1 cm³/mol. The van der Waals surface area contributed by atoms with Gasteiger partial charge >= 0.3 is 6.03 Å². The maximum Gasteiger partial charge on any atom is 0.316 e. The molecule has 0 saturated carbocycles. The highest BCUT2D eigenvalue weighted by atomic mass is 79.9. The first-order valence-corrected chi connectivity index (χ1v) is 6.24. The Balaban J connectivity index is 2.56. The van der Waals surface area contributed by atoms with Crippen molar-refractivity contribution >= 4 is 27.6 Å². The summed E-state index contributed by atoms with van der Waals surface area (Å²) in [7, 11) is 3.41. The van der Waals surface area contributed by atoms with E-state index in [4.69, 9.17) is 10.5 Å². The average molecular weight is 325 g/mol. The number of aromatic nitrogens is 2. The summed E-state index contributed by atoms with van der Waals surface area (Å²) in [5, 5.41) is 6.70. The predicted octanol–water partition coefficient (Wildman–Crippen LogP) is 2.35. The van der Waals surface area contributed by atoms with Crippen molar-refractivity contribution in [3.63, 3.8) is 0 Å². The number of anilines is 1. The molecule has 19 heavy (non-hydrogen) atoms. The molecular formula is C12H13BrN4O2. The van der Waals surface area contributed by atoms with E-state index >= 15 is 0 Å². The first-order valence-electron chi connectivity index (χ1n) is 5.45. The molecule has 3 N–H and O–H groups in total. The summed E-state index contributed by atoms with van der Waals surface area (Å²) in [6, 6.07) is 4.66. The molecule has 1 aromatic heterocycles. The molecule has 2 amide bonds. The number of urea groups is 1. The zero-order valence-electron chi connectivity index (χ0n) is 10.5. The number of amides is 2. The third kappa shape index (κ3) is 2.70. The lowest BCUT2D eigenvalue weighted by Gasteiger charge is -2.12. The highest BCUT2D eigenvalue weighted by Crippen LogP contribution is 2.36. The van der Waals surface area contributed by atoms with Crippen molar-refractivity contribution in [1.82, 2.24) is 9.78 Å². The normalized spacial score (nSPS) is 10.3. The van der Waals surface area contributed by atoms with Crippen LogP contribution in [0.25, 0.3) is 11.3 Å². The van der Waals surface area contributed by atoms with Gasteiger partial charge in [-0.3, -0.25) is 4.68 Å². The van der Waals surface area contributed by atoms with Crippen molar-refractivity contribution in [1.29, 1.82) is 0 Å². The number of hydrogen-bond acceptors (Lipinski definition) is 3. The zero-order chi connectivity index (χ0) is 14.0. The van der Waals surface area contributed by atoms with Gasteiger partial charge in [0.05, 0.1) is 23.5 Å². The van der Waals surface area contributed by atoms with E-state index in [9.17, 15) is 4.79 Å². The first-order chi connectivity index (χ1) is 9.02. The van der Waals surface area contributed by atoms with Crippen molar-refractivity contribution in [2.75, 3.05) is 12.4 Å². The lowest BCUT2D eigenvalue weighted by molar-refractivity contribution is 0.259. The Kier molecular flexibility index (Phi) is 3.75. The zero-order valence-corrected chi connectivity index (χ0v) is 12.1. The van der Waals surface area contributed by atoms with Crippen LogP contribution in [0.15, 0.2) is 28.9 Å². The number of carbonyl (C=O) groups excluding carboxylic acids is 1. The fourth-order valence-electron chi connectivity index (χ4n) is 1.83. The number of ether oxygens (including phenoxy) is 1. The maximum atomic E-state index is 10.9. The van der Waals surface area contributed by atoms with Gasteiger partial charge in [-0.15, -0.1) is 0 Å². The fraction of sp³-hybridized carbons (Fsp3) is 0.167. The second-order valence-electron chi connectivity index (χ2n) is 3.87. The van der Waals surface area contributed by atoms with Crippen molar-refractivity contribution in [2.24, 2.45) is 12.8 Å². The Morgan fingerprint density at radius 2 is 2.26 bits per heavy atom. The highest BCUT2D eigenvalue weighted by Gasteiger charge is 2.15. The van der Waals surface area contributed by atoms with E-state index in [1.807, 2.05) is 7.05 Å². The monoisotopic (exact) mass is 324 g/mol.